The molecule has 20 heavy (non-hydrogen) atoms. The molecule has 0 radical (unpaired) electrons. The van der Waals surface area contributed by atoms with Crippen molar-refractivity contribution >= 4 is 10.4 Å². The second kappa shape index (κ2) is 15.8. The molecule has 2 fully saturated rings. The molecule has 0 amide bonds. The summed E-state index contributed by atoms with van der Waals surface area (Å²) in [5.74, 6) is 0.796. The van der Waals surface area contributed by atoms with Crippen molar-refractivity contribution in [2.24, 2.45) is 5.92 Å². The molecule has 2 aliphatic rings. The van der Waals surface area contributed by atoms with Gasteiger partial charge in [-0.25, -0.2) is 0 Å². The second-order valence-corrected chi connectivity index (χ2v) is 5.48. The fraction of sp³-hybridized carbons (Fsp3) is 0.909. The Labute approximate surface area is 136 Å². The Kier molecular flexibility index (Phi) is 22.6. The van der Waals surface area contributed by atoms with Crippen molar-refractivity contribution in [2.75, 3.05) is 0 Å². The molecule has 128 valence electrons. The Morgan fingerprint density at radius 1 is 0.900 bits per heavy atom. The third kappa shape index (κ3) is 26.9. The van der Waals surface area contributed by atoms with Crippen LogP contribution >= 0.6 is 0 Å². The van der Waals surface area contributed by atoms with Gasteiger partial charge in [0.05, 0.1) is 0 Å². The van der Waals surface area contributed by atoms with E-state index in [-0.39, 0.29) is 32.0 Å². The van der Waals surface area contributed by atoms with E-state index in [1.54, 1.807) is 0 Å². The van der Waals surface area contributed by atoms with Crippen LogP contribution in [0, 0.1) is 12.8 Å². The number of nitrogens with one attached hydrogen (secondary N) is 1. The summed E-state index contributed by atoms with van der Waals surface area (Å²) in [4.78, 5) is 0. The third-order valence-corrected chi connectivity index (χ3v) is 2.83. The number of hydrogen-bond acceptors (Lipinski definition) is 2. The topological polar surface area (TPSA) is 161 Å². The van der Waals surface area contributed by atoms with E-state index in [1.165, 1.54) is 38.5 Å². The van der Waals surface area contributed by atoms with Crippen molar-refractivity contribution in [1.29, 1.82) is 0 Å². The van der Waals surface area contributed by atoms with Gasteiger partial charge in [-0.2, -0.15) is 14.3 Å². The SMILES string of the molecule is O.O.O=S(=O)(O)O.[CH2-]C1CCCC1.[NH-]C1CCCC1.[Pt+2]. The Morgan fingerprint density at radius 3 is 1.25 bits per heavy atom. The van der Waals surface area contributed by atoms with Crippen LogP contribution in [0.2, 0.25) is 0 Å². The zero-order valence-electron chi connectivity index (χ0n) is 11.5. The maximum absolute atomic E-state index is 8.74. The average molecular weight is 496 g/mol. The molecule has 0 bridgehead atoms. The first-order valence-corrected chi connectivity index (χ1v) is 7.43. The van der Waals surface area contributed by atoms with Gasteiger partial charge in [0, 0.05) is 0 Å². The zero-order valence-corrected chi connectivity index (χ0v) is 14.5. The molecule has 2 saturated carbocycles. The molecule has 0 spiro atoms. The molecule has 7 N–H and O–H groups in total. The largest absolute Gasteiger partial charge is 2.00 e. The van der Waals surface area contributed by atoms with Crippen LogP contribution in [-0.2, 0) is 31.5 Å². The first-order chi connectivity index (χ1) is 7.79. The molecule has 0 heterocycles. The van der Waals surface area contributed by atoms with Gasteiger partial charge in [0.1, 0.15) is 0 Å². The second-order valence-electron chi connectivity index (χ2n) is 4.58. The molecular formula is C11H27NO6PtS. The molecule has 9 heteroatoms. The van der Waals surface area contributed by atoms with Gasteiger partial charge in [-0.05, 0) is 0 Å². The van der Waals surface area contributed by atoms with Gasteiger partial charge in [-0.1, -0.05) is 51.4 Å². The molecule has 0 saturated heterocycles. The van der Waals surface area contributed by atoms with Crippen LogP contribution in [0.4, 0.5) is 0 Å². The van der Waals surface area contributed by atoms with Crippen molar-refractivity contribution in [2.45, 2.75) is 57.4 Å². The van der Waals surface area contributed by atoms with E-state index < -0.39 is 10.4 Å². The van der Waals surface area contributed by atoms with E-state index in [9.17, 15) is 0 Å². The quantitative estimate of drug-likeness (QED) is 0.386. The molecule has 0 aromatic rings. The summed E-state index contributed by atoms with van der Waals surface area (Å²) in [7, 11) is -4.67. The van der Waals surface area contributed by atoms with Gasteiger partial charge in [-0.3, -0.25) is 9.11 Å². The first-order valence-electron chi connectivity index (χ1n) is 6.03. The molecule has 7 nitrogen and oxygen atoms in total. The number of rotatable bonds is 0. The van der Waals surface area contributed by atoms with Crippen LogP contribution < -0.4 is 0 Å². The Morgan fingerprint density at radius 2 is 1.15 bits per heavy atom. The summed E-state index contributed by atoms with van der Waals surface area (Å²) in [5.41, 5.74) is 7.13. The van der Waals surface area contributed by atoms with Gasteiger partial charge in [-0.15, -0.1) is 6.04 Å². The van der Waals surface area contributed by atoms with Gasteiger partial charge < -0.3 is 23.6 Å². The minimum Gasteiger partial charge on any atom is -0.675 e. The summed E-state index contributed by atoms with van der Waals surface area (Å²) in [6.07, 6.45) is 10.5. The van der Waals surface area contributed by atoms with Crippen molar-refractivity contribution in [1.82, 2.24) is 0 Å². The molecule has 2 aliphatic carbocycles. The van der Waals surface area contributed by atoms with Crippen LogP contribution in [0.1, 0.15) is 51.4 Å². The normalized spacial score (nSPS) is 18.2. The third-order valence-electron chi connectivity index (χ3n) is 2.83. The predicted octanol–water partition coefficient (Wildman–Crippen LogP) is 1.69. The van der Waals surface area contributed by atoms with Crippen molar-refractivity contribution in [3.8, 4) is 0 Å². The monoisotopic (exact) mass is 496 g/mol. The summed E-state index contributed by atoms with van der Waals surface area (Å²) in [6, 6.07) is 0.296. The summed E-state index contributed by atoms with van der Waals surface area (Å²) in [5, 5.41) is 0. The van der Waals surface area contributed by atoms with Crippen LogP contribution in [0.15, 0.2) is 0 Å². The van der Waals surface area contributed by atoms with Crippen molar-refractivity contribution < 1.29 is 49.5 Å². The molecule has 0 aliphatic heterocycles. The molecule has 0 aromatic heterocycles. The van der Waals surface area contributed by atoms with Gasteiger partial charge >= 0.3 is 31.5 Å². The fourth-order valence-electron chi connectivity index (χ4n) is 1.94. The van der Waals surface area contributed by atoms with Gasteiger partial charge in [0.25, 0.3) is 0 Å². The van der Waals surface area contributed by atoms with Crippen LogP contribution in [-0.4, -0.2) is 34.5 Å². The van der Waals surface area contributed by atoms with Crippen molar-refractivity contribution in [3.05, 3.63) is 12.7 Å². The molecule has 0 unspecified atom stereocenters. The Hall–Kier alpha value is 0.438. The fourth-order valence-corrected chi connectivity index (χ4v) is 1.94. The standard InChI is InChI=1S/C6H11.C5H10N.H2O4S.2H2O.Pt/c1-6-4-2-3-5-6;6-5-3-1-2-4-5;1-5(2,3)4;;;/h6H,1-5H2;5-6H,1-4H2;(H2,1,2,3,4);2*1H2;/q2*-1;;;;+2. The molecular weight excluding hydrogens is 469 g/mol. The maximum Gasteiger partial charge on any atom is 2.00 e. The van der Waals surface area contributed by atoms with E-state index >= 15 is 0 Å². The summed E-state index contributed by atoms with van der Waals surface area (Å²) >= 11 is 0. The molecule has 0 atom stereocenters. The van der Waals surface area contributed by atoms with Crippen LogP contribution in [0.5, 0.6) is 0 Å². The van der Waals surface area contributed by atoms with E-state index in [0.29, 0.717) is 6.04 Å². The van der Waals surface area contributed by atoms with E-state index in [1.807, 2.05) is 0 Å². The Balaban J connectivity index is -0.0000000899. The van der Waals surface area contributed by atoms with Crippen molar-refractivity contribution in [3.63, 3.8) is 0 Å². The zero-order chi connectivity index (χ0) is 13.3. The van der Waals surface area contributed by atoms with E-state index in [0.717, 1.165) is 18.8 Å². The van der Waals surface area contributed by atoms with Gasteiger partial charge in [0.15, 0.2) is 0 Å². The van der Waals surface area contributed by atoms with Crippen LogP contribution in [0.3, 0.4) is 0 Å². The van der Waals surface area contributed by atoms with Crippen LogP contribution in [0.25, 0.3) is 5.73 Å². The number of hydrogen-bond donors (Lipinski definition) is 2. The first kappa shape index (κ1) is 28.6. The summed E-state index contributed by atoms with van der Waals surface area (Å²) < 4.78 is 31.6. The molecule has 0 aromatic carbocycles. The minimum atomic E-state index is -4.67. The summed E-state index contributed by atoms with van der Waals surface area (Å²) in [6.45, 7) is 3.94. The smallest absolute Gasteiger partial charge is 0.675 e. The average Bonchev–Trinajstić information content (AvgIpc) is 2.76. The van der Waals surface area contributed by atoms with Gasteiger partial charge in [0.2, 0.25) is 0 Å². The van der Waals surface area contributed by atoms with E-state index in [2.05, 4.69) is 6.92 Å². The maximum atomic E-state index is 8.74. The minimum absolute atomic E-state index is 0. The molecule has 2 rings (SSSR count). The predicted molar refractivity (Wildman–Crippen MR) is 75.3 cm³/mol. The Bertz CT molecular complexity index is 255. The van der Waals surface area contributed by atoms with E-state index in [4.69, 9.17) is 23.3 Å².